The third kappa shape index (κ3) is 0.970. The molecule has 0 radical (unpaired) electrons. The average Bonchev–Trinajstić information content (AvgIpc) is 2.34. The minimum atomic E-state index is 0.00347. The van der Waals surface area contributed by atoms with E-state index in [2.05, 4.69) is 20.9 Å². The Labute approximate surface area is 69.8 Å². The predicted octanol–water partition coefficient (Wildman–Crippen LogP) is -0.347. The third-order valence-corrected chi connectivity index (χ3v) is 1.91. The van der Waals surface area contributed by atoms with Gasteiger partial charge in [0, 0.05) is 5.70 Å². The van der Waals surface area contributed by atoms with Crippen LogP contribution in [0.2, 0.25) is 0 Å². The fourth-order valence-corrected chi connectivity index (χ4v) is 1.42. The number of rotatable bonds is 0. The van der Waals surface area contributed by atoms with Crippen LogP contribution in [0.3, 0.4) is 0 Å². The van der Waals surface area contributed by atoms with Crippen molar-refractivity contribution in [2.45, 2.75) is 13.1 Å². The first-order valence-corrected chi connectivity index (χ1v) is 3.74. The molecule has 3 N–H and O–H groups in total. The second kappa shape index (κ2) is 2.20. The van der Waals surface area contributed by atoms with Crippen molar-refractivity contribution in [3.63, 3.8) is 0 Å². The maximum absolute atomic E-state index is 4.95. The number of nitrogens with zero attached hydrogens (tertiary/aromatic N) is 1. The molecule has 0 aromatic carbocycles. The highest BCUT2D eigenvalue weighted by molar-refractivity contribution is 7.80. The zero-order valence-corrected chi connectivity index (χ0v) is 6.83. The van der Waals surface area contributed by atoms with Crippen molar-refractivity contribution >= 4 is 23.7 Å². The van der Waals surface area contributed by atoms with Gasteiger partial charge in [0.25, 0.3) is 0 Å². The number of thiocarbonyl (C=S) groups is 1. The molecule has 0 aromatic heterocycles. The molecular weight excluding hydrogens is 160 g/mol. The molecule has 0 aromatic rings. The first-order valence-electron chi connectivity index (χ1n) is 3.34. The molecule has 4 nitrogen and oxygen atoms in total. The lowest BCUT2D eigenvalue weighted by molar-refractivity contribution is 0.683. The summed E-state index contributed by atoms with van der Waals surface area (Å²) in [5, 5.41) is 9.69. The molecule has 2 rings (SSSR count). The largest absolute Gasteiger partial charge is 0.345 e. The summed E-state index contributed by atoms with van der Waals surface area (Å²) >= 11 is 4.95. The Balaban J connectivity index is 2.35. The summed E-state index contributed by atoms with van der Waals surface area (Å²) in [7, 11) is 0. The van der Waals surface area contributed by atoms with E-state index in [1.165, 1.54) is 0 Å². The van der Waals surface area contributed by atoms with Crippen LogP contribution in [-0.2, 0) is 0 Å². The molecule has 11 heavy (non-hydrogen) atoms. The molecule has 0 saturated heterocycles. The summed E-state index contributed by atoms with van der Waals surface area (Å²) in [5.74, 6) is 0. The molecule has 2 aliphatic heterocycles. The number of hydrogen-bond acceptors (Lipinski definition) is 3. The first kappa shape index (κ1) is 6.60. The smallest absolute Gasteiger partial charge is 0.172 e. The predicted molar refractivity (Wildman–Crippen MR) is 47.0 cm³/mol. The SMILES string of the molecule is CC1=C2NC=NC2NC(=S)N1. The van der Waals surface area contributed by atoms with Crippen molar-refractivity contribution in [3.8, 4) is 0 Å². The monoisotopic (exact) mass is 168 g/mol. The van der Waals surface area contributed by atoms with Crippen LogP contribution in [0.5, 0.6) is 0 Å². The Morgan fingerprint density at radius 1 is 1.64 bits per heavy atom. The molecule has 2 heterocycles. The zero-order chi connectivity index (χ0) is 7.84. The Morgan fingerprint density at radius 2 is 2.45 bits per heavy atom. The van der Waals surface area contributed by atoms with Gasteiger partial charge in [-0.2, -0.15) is 0 Å². The van der Waals surface area contributed by atoms with Gasteiger partial charge in [-0.1, -0.05) is 0 Å². The van der Waals surface area contributed by atoms with E-state index >= 15 is 0 Å². The standard InChI is InChI=1S/C6H8N4S/c1-3-4-5(8-2-7-4)10-6(11)9-3/h2,5H,1H3,(H,7,8)(H2,9,10,11). The highest BCUT2D eigenvalue weighted by atomic mass is 32.1. The maximum atomic E-state index is 4.95. The average molecular weight is 168 g/mol. The van der Waals surface area contributed by atoms with Crippen molar-refractivity contribution in [1.82, 2.24) is 16.0 Å². The van der Waals surface area contributed by atoms with Gasteiger partial charge in [-0.15, -0.1) is 0 Å². The maximum Gasteiger partial charge on any atom is 0.172 e. The number of allylic oxidation sites excluding steroid dienone is 1. The molecule has 0 fully saturated rings. The van der Waals surface area contributed by atoms with Crippen molar-refractivity contribution < 1.29 is 0 Å². The highest BCUT2D eigenvalue weighted by Gasteiger charge is 2.24. The van der Waals surface area contributed by atoms with E-state index in [1.807, 2.05) is 6.92 Å². The van der Waals surface area contributed by atoms with Crippen LogP contribution in [-0.4, -0.2) is 17.6 Å². The molecule has 0 spiro atoms. The molecule has 1 unspecified atom stereocenters. The van der Waals surface area contributed by atoms with Gasteiger partial charge >= 0.3 is 0 Å². The zero-order valence-electron chi connectivity index (χ0n) is 6.01. The molecule has 58 valence electrons. The second-order valence-corrected chi connectivity index (χ2v) is 2.87. The van der Waals surface area contributed by atoms with E-state index in [4.69, 9.17) is 12.2 Å². The van der Waals surface area contributed by atoms with E-state index in [-0.39, 0.29) is 6.17 Å². The Morgan fingerprint density at radius 3 is 3.27 bits per heavy atom. The van der Waals surface area contributed by atoms with Gasteiger partial charge in [-0.25, -0.2) is 4.99 Å². The van der Waals surface area contributed by atoms with Gasteiger partial charge in [-0.3, -0.25) is 0 Å². The molecule has 0 bridgehead atoms. The van der Waals surface area contributed by atoms with Crippen molar-refractivity contribution in [1.29, 1.82) is 0 Å². The normalized spacial score (nSPS) is 27.4. The Bertz CT molecular complexity index is 268. The lowest BCUT2D eigenvalue weighted by atomic mass is 10.2. The fourth-order valence-electron chi connectivity index (χ4n) is 1.16. The number of fused-ring (bicyclic) bond motifs is 1. The topological polar surface area (TPSA) is 48.5 Å². The summed E-state index contributed by atoms with van der Waals surface area (Å²) < 4.78 is 0. The summed E-state index contributed by atoms with van der Waals surface area (Å²) in [6.45, 7) is 1.97. The lowest BCUT2D eigenvalue weighted by Gasteiger charge is -2.23. The van der Waals surface area contributed by atoms with Gasteiger partial charge in [0.1, 0.15) is 0 Å². The van der Waals surface area contributed by atoms with Crippen LogP contribution in [0.1, 0.15) is 6.92 Å². The van der Waals surface area contributed by atoms with Gasteiger partial charge in [0.2, 0.25) is 0 Å². The fraction of sp³-hybridized carbons (Fsp3) is 0.333. The lowest BCUT2D eigenvalue weighted by Crippen LogP contribution is -2.47. The van der Waals surface area contributed by atoms with E-state index in [0.717, 1.165) is 11.4 Å². The quantitative estimate of drug-likeness (QED) is 0.433. The van der Waals surface area contributed by atoms with Crippen molar-refractivity contribution in [3.05, 3.63) is 11.4 Å². The van der Waals surface area contributed by atoms with E-state index in [1.54, 1.807) is 6.34 Å². The number of hydrogen-bond donors (Lipinski definition) is 3. The van der Waals surface area contributed by atoms with Crippen LogP contribution in [0, 0.1) is 0 Å². The van der Waals surface area contributed by atoms with Crippen LogP contribution < -0.4 is 16.0 Å². The van der Waals surface area contributed by atoms with Gasteiger partial charge < -0.3 is 16.0 Å². The van der Waals surface area contributed by atoms with E-state index in [9.17, 15) is 0 Å². The minimum Gasteiger partial charge on any atom is -0.345 e. The van der Waals surface area contributed by atoms with Crippen LogP contribution >= 0.6 is 12.2 Å². The summed E-state index contributed by atoms with van der Waals surface area (Å²) in [6, 6.07) is 0. The van der Waals surface area contributed by atoms with Crippen LogP contribution in [0.25, 0.3) is 0 Å². The molecule has 1 atom stereocenters. The van der Waals surface area contributed by atoms with Crippen LogP contribution in [0.15, 0.2) is 16.4 Å². The molecule has 2 aliphatic rings. The summed E-state index contributed by atoms with van der Waals surface area (Å²) in [6.07, 6.45) is 1.68. The third-order valence-electron chi connectivity index (χ3n) is 1.69. The van der Waals surface area contributed by atoms with Crippen LogP contribution in [0.4, 0.5) is 0 Å². The first-order chi connectivity index (χ1) is 5.27. The Hall–Kier alpha value is -1.10. The van der Waals surface area contributed by atoms with E-state index < -0.39 is 0 Å². The second-order valence-electron chi connectivity index (χ2n) is 2.46. The summed E-state index contributed by atoms with van der Waals surface area (Å²) in [4.78, 5) is 4.13. The highest BCUT2D eigenvalue weighted by Crippen LogP contribution is 2.12. The molecule has 0 amide bonds. The minimum absolute atomic E-state index is 0.00347. The van der Waals surface area contributed by atoms with Gasteiger partial charge in [0.15, 0.2) is 11.3 Å². The van der Waals surface area contributed by atoms with Gasteiger partial charge in [-0.05, 0) is 19.1 Å². The number of nitrogens with one attached hydrogen (secondary N) is 3. The molecule has 0 aliphatic carbocycles. The van der Waals surface area contributed by atoms with Crippen molar-refractivity contribution in [2.75, 3.05) is 0 Å². The molecular formula is C6H8N4S. The van der Waals surface area contributed by atoms with E-state index in [0.29, 0.717) is 5.11 Å². The number of aliphatic imine (C=N–C) groups is 1. The van der Waals surface area contributed by atoms with Gasteiger partial charge in [0.05, 0.1) is 12.0 Å². The van der Waals surface area contributed by atoms with Crippen molar-refractivity contribution in [2.24, 2.45) is 4.99 Å². The Kier molecular flexibility index (Phi) is 1.32. The summed E-state index contributed by atoms with van der Waals surface area (Å²) in [5.41, 5.74) is 2.09. The molecule has 5 heteroatoms. The molecule has 0 saturated carbocycles.